The molecule has 5 heteroatoms. The van der Waals surface area contributed by atoms with Crippen molar-refractivity contribution in [3.63, 3.8) is 0 Å². The van der Waals surface area contributed by atoms with E-state index in [4.69, 9.17) is 22.4 Å². The highest BCUT2D eigenvalue weighted by Gasteiger charge is 2.29. The van der Waals surface area contributed by atoms with Crippen LogP contribution in [0.25, 0.3) is 0 Å². The number of nitrogens with two attached hydrogens (primary N) is 1. The number of carbonyl (C=O) groups is 1. The van der Waals surface area contributed by atoms with Crippen LogP contribution in [-0.4, -0.2) is 35.6 Å². The monoisotopic (exact) mass is 428 g/mol. The number of benzene rings is 2. The molecular formula is C25H33ClN2O2. The highest BCUT2D eigenvalue weighted by atomic mass is 35.5. The normalized spacial score (nSPS) is 19.0. The number of hydrogen-bond donors (Lipinski definition) is 2. The van der Waals surface area contributed by atoms with Crippen LogP contribution >= 0.6 is 11.6 Å². The molecule has 0 unspecified atom stereocenters. The van der Waals surface area contributed by atoms with Gasteiger partial charge < -0.3 is 15.7 Å². The summed E-state index contributed by atoms with van der Waals surface area (Å²) in [5.41, 5.74) is 12.0. The lowest BCUT2D eigenvalue weighted by molar-refractivity contribution is 0.0689. The van der Waals surface area contributed by atoms with E-state index in [1.807, 2.05) is 11.9 Å². The lowest BCUT2D eigenvalue weighted by Gasteiger charge is -2.36. The van der Waals surface area contributed by atoms with Gasteiger partial charge in [0.15, 0.2) is 0 Å². The first-order chi connectivity index (χ1) is 14.5. The predicted octanol–water partition coefficient (Wildman–Crippen LogP) is 4.83. The molecule has 3 N–H and O–H groups in total. The Kier molecular flexibility index (Phi) is 7.93. The minimum atomic E-state index is 0.0573. The molecule has 162 valence electrons. The summed E-state index contributed by atoms with van der Waals surface area (Å²) in [6.07, 6.45) is 5.78. The molecule has 2 aromatic rings. The number of hydrogen-bond acceptors (Lipinski definition) is 3. The van der Waals surface area contributed by atoms with Crippen molar-refractivity contribution in [2.24, 2.45) is 5.73 Å². The van der Waals surface area contributed by atoms with Gasteiger partial charge in [-0.15, -0.1) is 0 Å². The molecule has 4 nitrogen and oxygen atoms in total. The van der Waals surface area contributed by atoms with Gasteiger partial charge in [-0.1, -0.05) is 23.7 Å². The summed E-state index contributed by atoms with van der Waals surface area (Å²) in [5, 5.41) is 9.78. The molecule has 0 spiro atoms. The van der Waals surface area contributed by atoms with Crippen LogP contribution in [0.15, 0.2) is 36.4 Å². The second-order valence-corrected chi connectivity index (χ2v) is 8.81. The number of aliphatic hydroxyl groups excluding tert-OH is 1. The molecule has 2 aromatic carbocycles. The zero-order valence-corrected chi connectivity index (χ0v) is 18.8. The average molecular weight is 429 g/mol. The molecule has 0 heterocycles. The molecule has 0 bridgehead atoms. The first-order valence-electron chi connectivity index (χ1n) is 10.9. The fourth-order valence-electron chi connectivity index (χ4n) is 4.76. The molecule has 1 saturated carbocycles. The molecule has 1 aliphatic carbocycles. The standard InChI is InChI=1S/C25H33ClN2O2/c1-17-18(4-3-15-29)9-14-23(24(17)16-27)19-7-12-22(13-8-19)28(2)25(30)20-5-10-21(26)11-6-20/h5-6,9-11,14,19,22,29H,3-4,7-8,12-13,15-16,27H2,1-2H3/t19-,22-. The number of nitrogens with zero attached hydrogens (tertiary/aromatic N) is 1. The maximum atomic E-state index is 12.8. The number of carbonyl (C=O) groups excluding carboxylic acids is 1. The van der Waals surface area contributed by atoms with Gasteiger partial charge in [0.2, 0.25) is 0 Å². The minimum absolute atomic E-state index is 0.0573. The van der Waals surface area contributed by atoms with Crippen molar-refractivity contribution >= 4 is 17.5 Å². The summed E-state index contributed by atoms with van der Waals surface area (Å²) < 4.78 is 0. The van der Waals surface area contributed by atoms with E-state index in [9.17, 15) is 4.79 Å². The highest BCUT2D eigenvalue weighted by Crippen LogP contribution is 2.37. The lowest BCUT2D eigenvalue weighted by atomic mass is 9.78. The predicted molar refractivity (Wildman–Crippen MR) is 123 cm³/mol. The summed E-state index contributed by atoms with van der Waals surface area (Å²) >= 11 is 5.94. The summed E-state index contributed by atoms with van der Waals surface area (Å²) in [7, 11) is 1.91. The Balaban J connectivity index is 1.67. The van der Waals surface area contributed by atoms with Crippen LogP contribution in [0.3, 0.4) is 0 Å². The molecule has 1 fully saturated rings. The smallest absolute Gasteiger partial charge is 0.253 e. The third-order valence-electron chi connectivity index (χ3n) is 6.65. The van der Waals surface area contributed by atoms with Gasteiger partial charge in [-0.2, -0.15) is 0 Å². The summed E-state index contributed by atoms with van der Waals surface area (Å²) in [6.45, 7) is 2.91. The van der Waals surface area contributed by atoms with Gasteiger partial charge in [0.05, 0.1) is 0 Å². The molecule has 30 heavy (non-hydrogen) atoms. The molecule has 0 aromatic heterocycles. The third kappa shape index (κ3) is 5.05. The van der Waals surface area contributed by atoms with E-state index in [0.29, 0.717) is 23.0 Å². The number of amides is 1. The van der Waals surface area contributed by atoms with Crippen molar-refractivity contribution in [1.82, 2.24) is 4.90 Å². The SMILES string of the molecule is Cc1c(CCCO)ccc([C@H]2CC[C@H](N(C)C(=O)c3ccc(Cl)cc3)CC2)c1CN. The third-order valence-corrected chi connectivity index (χ3v) is 6.90. The van der Waals surface area contributed by atoms with E-state index >= 15 is 0 Å². The van der Waals surface area contributed by atoms with Gasteiger partial charge >= 0.3 is 0 Å². The zero-order chi connectivity index (χ0) is 21.7. The quantitative estimate of drug-likeness (QED) is 0.663. The second-order valence-electron chi connectivity index (χ2n) is 8.38. The van der Waals surface area contributed by atoms with E-state index in [1.54, 1.807) is 24.3 Å². The maximum Gasteiger partial charge on any atom is 0.253 e. The number of aryl methyl sites for hydroxylation is 1. The van der Waals surface area contributed by atoms with Crippen LogP contribution in [0.2, 0.25) is 5.02 Å². The molecule has 0 saturated heterocycles. The van der Waals surface area contributed by atoms with Gasteiger partial charge in [-0.25, -0.2) is 0 Å². The molecule has 3 rings (SSSR count). The Morgan fingerprint density at radius 3 is 2.40 bits per heavy atom. The summed E-state index contributed by atoms with van der Waals surface area (Å²) in [6, 6.07) is 11.8. The van der Waals surface area contributed by atoms with Crippen LogP contribution in [0.5, 0.6) is 0 Å². The summed E-state index contributed by atoms with van der Waals surface area (Å²) in [4.78, 5) is 14.7. The van der Waals surface area contributed by atoms with E-state index in [-0.39, 0.29) is 18.6 Å². The molecule has 1 amide bonds. The van der Waals surface area contributed by atoms with E-state index in [2.05, 4.69) is 19.1 Å². The topological polar surface area (TPSA) is 66.6 Å². The zero-order valence-electron chi connectivity index (χ0n) is 18.0. The Morgan fingerprint density at radius 1 is 1.13 bits per heavy atom. The maximum absolute atomic E-state index is 12.8. The number of rotatable bonds is 7. The molecule has 0 atom stereocenters. The van der Waals surface area contributed by atoms with Gasteiger partial charge in [-0.05, 0) is 97.9 Å². The van der Waals surface area contributed by atoms with Crippen LogP contribution in [0.1, 0.15) is 70.6 Å². The van der Waals surface area contributed by atoms with Crippen LogP contribution < -0.4 is 5.73 Å². The van der Waals surface area contributed by atoms with Crippen LogP contribution in [-0.2, 0) is 13.0 Å². The molecule has 0 radical (unpaired) electrons. The van der Waals surface area contributed by atoms with Crippen molar-refractivity contribution < 1.29 is 9.90 Å². The fraction of sp³-hybridized carbons (Fsp3) is 0.480. The highest BCUT2D eigenvalue weighted by molar-refractivity contribution is 6.30. The first-order valence-corrected chi connectivity index (χ1v) is 11.3. The van der Waals surface area contributed by atoms with E-state index < -0.39 is 0 Å². The number of aliphatic hydroxyl groups is 1. The molecule has 1 aliphatic rings. The first kappa shape index (κ1) is 22.8. The average Bonchev–Trinajstić information content (AvgIpc) is 2.77. The van der Waals surface area contributed by atoms with Gasteiger partial charge in [-0.3, -0.25) is 4.79 Å². The Bertz CT molecular complexity index is 858. The minimum Gasteiger partial charge on any atom is -0.396 e. The Morgan fingerprint density at radius 2 is 1.80 bits per heavy atom. The Labute approximate surface area is 185 Å². The van der Waals surface area contributed by atoms with E-state index in [1.165, 1.54) is 22.3 Å². The van der Waals surface area contributed by atoms with Crippen LogP contribution in [0.4, 0.5) is 0 Å². The van der Waals surface area contributed by atoms with Crippen molar-refractivity contribution in [1.29, 1.82) is 0 Å². The van der Waals surface area contributed by atoms with Gasteiger partial charge in [0.25, 0.3) is 5.91 Å². The Hall–Kier alpha value is -1.88. The molecule has 0 aliphatic heterocycles. The fourth-order valence-corrected chi connectivity index (χ4v) is 4.88. The molecular weight excluding hydrogens is 396 g/mol. The van der Waals surface area contributed by atoms with Gasteiger partial charge in [0.1, 0.15) is 0 Å². The van der Waals surface area contributed by atoms with Crippen molar-refractivity contribution in [3.8, 4) is 0 Å². The van der Waals surface area contributed by atoms with Crippen LogP contribution in [0, 0.1) is 6.92 Å². The second kappa shape index (κ2) is 10.4. The van der Waals surface area contributed by atoms with Crippen molar-refractivity contribution in [2.45, 2.75) is 64.0 Å². The largest absolute Gasteiger partial charge is 0.396 e. The van der Waals surface area contributed by atoms with Crippen molar-refractivity contribution in [2.75, 3.05) is 13.7 Å². The number of halogens is 1. The van der Waals surface area contributed by atoms with Gasteiger partial charge in [0, 0.05) is 36.8 Å². The van der Waals surface area contributed by atoms with Crippen molar-refractivity contribution in [3.05, 3.63) is 69.2 Å². The summed E-state index contributed by atoms with van der Waals surface area (Å²) in [5.74, 6) is 0.547. The lowest BCUT2D eigenvalue weighted by Crippen LogP contribution is -2.39. The van der Waals surface area contributed by atoms with E-state index in [0.717, 1.165) is 38.5 Å².